The molecule has 4 heteroatoms. The molecule has 0 saturated heterocycles. The molecule has 0 aliphatic carbocycles. The van der Waals surface area contributed by atoms with Gasteiger partial charge in [0.15, 0.2) is 17.5 Å². The van der Waals surface area contributed by atoms with E-state index in [1.165, 1.54) is 0 Å². The second-order valence-electron chi connectivity index (χ2n) is 12.3. The molecule has 46 heavy (non-hydrogen) atoms. The maximum absolute atomic E-state index is 8.85. The van der Waals surface area contributed by atoms with Crippen molar-refractivity contribution in [2.24, 2.45) is 0 Å². The van der Waals surface area contributed by atoms with Gasteiger partial charge in [-0.15, -0.1) is 0 Å². The molecule has 0 N–H and O–H groups in total. The van der Waals surface area contributed by atoms with Crippen molar-refractivity contribution in [3.63, 3.8) is 0 Å². The minimum atomic E-state index is -2.10. The molecule has 6 aromatic carbocycles. The quantitative estimate of drug-likeness (QED) is 0.168. The molecule has 7 aromatic rings. The Labute approximate surface area is 278 Å². The van der Waals surface area contributed by atoms with Gasteiger partial charge in [-0.05, 0) is 51.6 Å². The third-order valence-corrected chi connectivity index (χ3v) is 9.63. The van der Waals surface area contributed by atoms with Crippen molar-refractivity contribution in [1.29, 1.82) is 0 Å². The van der Waals surface area contributed by atoms with Crippen LogP contribution in [0.5, 0.6) is 0 Å². The average molecular weight is 614 g/mol. The molecule has 3 nitrogen and oxygen atoms in total. The number of nitrogens with zero attached hydrogens (tertiary/aromatic N) is 3. The molecule has 0 amide bonds. The first-order valence-electron chi connectivity index (χ1n) is 17.4. The molecule has 0 fully saturated rings. The lowest BCUT2D eigenvalue weighted by molar-refractivity contribution is 1.07. The summed E-state index contributed by atoms with van der Waals surface area (Å²) in [6, 6.07) is 44.2. The van der Waals surface area contributed by atoms with Crippen LogP contribution in [0.15, 0.2) is 158 Å². The van der Waals surface area contributed by atoms with Gasteiger partial charge in [0.2, 0.25) is 0 Å². The van der Waals surface area contributed by atoms with E-state index in [2.05, 4.69) is 24.3 Å². The number of hydrogen-bond acceptors (Lipinski definition) is 3. The number of aromatic nitrogens is 3. The fraction of sp³-hybridized carbons (Fsp3) is 0.0714. The maximum atomic E-state index is 8.85. The van der Waals surface area contributed by atoms with Gasteiger partial charge in [-0.3, -0.25) is 0 Å². The second-order valence-corrected chi connectivity index (χ2v) is 17.3. The summed E-state index contributed by atoms with van der Waals surface area (Å²) >= 11 is 0. The van der Waals surface area contributed by atoms with Gasteiger partial charge in [0.05, 0.1) is 13.6 Å². The Morgan fingerprint density at radius 2 is 0.696 bits per heavy atom. The summed E-state index contributed by atoms with van der Waals surface area (Å²) < 4.78 is 35.2. The minimum absolute atomic E-state index is 0.00955. The van der Waals surface area contributed by atoms with Gasteiger partial charge in [-0.25, -0.2) is 15.0 Å². The van der Waals surface area contributed by atoms with Crippen molar-refractivity contribution in [2.45, 2.75) is 19.6 Å². The molecular weight excluding hydrogens is 575 g/mol. The smallest absolute Gasteiger partial charge is 0.164 e. The third-order valence-electron chi connectivity index (χ3n) is 7.88. The molecule has 0 aliphatic rings. The van der Waals surface area contributed by atoms with Crippen LogP contribution in [0.25, 0.3) is 67.5 Å². The van der Waals surface area contributed by atoms with Crippen LogP contribution in [-0.4, -0.2) is 23.0 Å². The van der Waals surface area contributed by atoms with Gasteiger partial charge in [0.1, 0.15) is 0 Å². The minimum Gasteiger partial charge on any atom is -0.208 e. The molecule has 0 spiro atoms. The van der Waals surface area contributed by atoms with E-state index in [9.17, 15) is 0 Å². The van der Waals surface area contributed by atoms with Crippen molar-refractivity contribution in [2.75, 3.05) is 0 Å². The van der Waals surface area contributed by atoms with Gasteiger partial charge in [-0.1, -0.05) is 164 Å². The van der Waals surface area contributed by atoms with Crippen LogP contribution in [0.4, 0.5) is 0 Å². The highest BCUT2D eigenvalue weighted by atomic mass is 28.3. The van der Waals surface area contributed by atoms with E-state index < -0.39 is 8.07 Å². The molecule has 0 bridgehead atoms. The lowest BCUT2D eigenvalue weighted by atomic mass is 9.95. The zero-order chi connectivity index (χ0) is 35.0. The summed E-state index contributed by atoms with van der Waals surface area (Å²) in [7, 11) is -2.10. The molecule has 1 heterocycles. The monoisotopic (exact) mass is 613 g/mol. The van der Waals surface area contributed by atoms with Crippen molar-refractivity contribution in [3.8, 4) is 67.5 Å². The van der Waals surface area contributed by atoms with Crippen LogP contribution in [-0.2, 0) is 0 Å². The van der Waals surface area contributed by atoms with Crippen molar-refractivity contribution in [3.05, 3.63) is 158 Å². The van der Waals surface area contributed by atoms with E-state index in [1.54, 1.807) is 0 Å². The number of hydrogen-bond donors (Lipinski definition) is 0. The molecule has 0 atom stereocenters. The summed E-state index contributed by atoms with van der Waals surface area (Å²) in [6.07, 6.45) is 0. The van der Waals surface area contributed by atoms with Crippen LogP contribution >= 0.6 is 0 Å². The SMILES string of the molecule is [2H]c1c([2H])c([Si](C)(C)C)c([2H])c([2H])c1-c1cccc(-c2cccc(-c3cccc(-c4nc(-c5ccccc5)nc(-c5ccccc5)n4)c3)c2)c1. The Hall–Kier alpha value is -5.45. The first kappa shape index (κ1) is 24.8. The van der Waals surface area contributed by atoms with E-state index in [-0.39, 0.29) is 24.2 Å². The summed E-state index contributed by atoms with van der Waals surface area (Å²) in [5.74, 6) is 1.81. The van der Waals surface area contributed by atoms with Crippen LogP contribution in [0.3, 0.4) is 0 Å². The molecule has 0 aliphatic heterocycles. The zero-order valence-electron chi connectivity index (χ0n) is 30.0. The van der Waals surface area contributed by atoms with Crippen LogP contribution < -0.4 is 5.19 Å². The summed E-state index contributed by atoms with van der Waals surface area (Å²) in [5, 5.41) is 0.562. The highest BCUT2D eigenvalue weighted by Gasteiger charge is 2.16. The van der Waals surface area contributed by atoms with Crippen LogP contribution in [0, 0.1) is 0 Å². The molecule has 0 unspecified atom stereocenters. The standard InChI is InChI=1S/C42H35N3Si/c1-46(2,3)39-25-23-30(24-26-39)33-17-10-18-34(27-33)35-19-11-20-36(28-35)37-21-12-22-38(29-37)42-44-40(31-13-6-4-7-14-31)43-41(45-42)32-15-8-5-9-16-32/h4-29H,1-3H3/i23D,24D,25D,26D. The normalized spacial score (nSPS) is 12.6. The lowest BCUT2D eigenvalue weighted by Gasteiger charge is -2.17. The van der Waals surface area contributed by atoms with Gasteiger partial charge in [0, 0.05) is 16.7 Å². The van der Waals surface area contributed by atoms with Crippen molar-refractivity contribution in [1.82, 2.24) is 15.0 Å². The number of benzene rings is 6. The fourth-order valence-electron chi connectivity index (χ4n) is 5.34. The van der Waals surface area contributed by atoms with E-state index in [1.807, 2.05) is 129 Å². The summed E-state index contributed by atoms with van der Waals surface area (Å²) in [6.45, 7) is 6.15. The fourth-order valence-corrected chi connectivity index (χ4v) is 6.21. The van der Waals surface area contributed by atoms with Crippen molar-refractivity contribution >= 4 is 13.3 Å². The highest BCUT2D eigenvalue weighted by molar-refractivity contribution is 6.88. The Balaban J connectivity index is 1.27. The summed E-state index contributed by atoms with van der Waals surface area (Å²) in [4.78, 5) is 14.6. The molecule has 222 valence electrons. The first-order chi connectivity index (χ1) is 24.1. The van der Waals surface area contributed by atoms with E-state index in [0.29, 0.717) is 33.8 Å². The van der Waals surface area contributed by atoms with Gasteiger partial charge in [0.25, 0.3) is 0 Å². The van der Waals surface area contributed by atoms with Gasteiger partial charge >= 0.3 is 0 Å². The summed E-state index contributed by atoms with van der Waals surface area (Å²) in [5.41, 5.74) is 7.60. The molecular formula is C42H35N3Si. The Morgan fingerprint density at radius 3 is 1.11 bits per heavy atom. The predicted octanol–water partition coefficient (Wildman–Crippen LogP) is 10.4. The Morgan fingerprint density at radius 1 is 0.370 bits per heavy atom. The number of rotatable bonds is 7. The zero-order valence-corrected chi connectivity index (χ0v) is 27.0. The largest absolute Gasteiger partial charge is 0.208 e. The lowest BCUT2D eigenvalue weighted by Crippen LogP contribution is -2.37. The Bertz CT molecular complexity index is 2270. The van der Waals surface area contributed by atoms with Gasteiger partial charge in [-0.2, -0.15) is 0 Å². The van der Waals surface area contributed by atoms with E-state index >= 15 is 0 Å². The molecule has 0 radical (unpaired) electrons. The van der Waals surface area contributed by atoms with Crippen LogP contribution in [0.1, 0.15) is 5.48 Å². The van der Waals surface area contributed by atoms with Crippen molar-refractivity contribution < 1.29 is 5.48 Å². The topological polar surface area (TPSA) is 38.7 Å². The molecule has 1 aromatic heterocycles. The highest BCUT2D eigenvalue weighted by Crippen LogP contribution is 2.32. The first-order valence-corrected chi connectivity index (χ1v) is 18.9. The van der Waals surface area contributed by atoms with Crippen LogP contribution in [0.2, 0.25) is 19.6 Å². The predicted molar refractivity (Wildman–Crippen MR) is 195 cm³/mol. The van der Waals surface area contributed by atoms with E-state index in [4.69, 9.17) is 20.4 Å². The third kappa shape index (κ3) is 6.34. The van der Waals surface area contributed by atoms with E-state index in [0.717, 1.165) is 38.9 Å². The maximum Gasteiger partial charge on any atom is 0.164 e. The second kappa shape index (κ2) is 12.5. The molecule has 0 saturated carbocycles. The van der Waals surface area contributed by atoms with Gasteiger partial charge < -0.3 is 0 Å². The Kier molecular flexibility index (Phi) is 6.75. The average Bonchev–Trinajstić information content (AvgIpc) is 3.14. The molecule has 7 rings (SSSR count).